The van der Waals surface area contributed by atoms with E-state index in [1.54, 1.807) is 0 Å². The summed E-state index contributed by atoms with van der Waals surface area (Å²) >= 11 is 0. The molecule has 18 heavy (non-hydrogen) atoms. The van der Waals surface area contributed by atoms with E-state index in [1.807, 2.05) is 31.2 Å². The number of nitrogens with two attached hydrogens (primary N) is 1. The number of nitrogen functional groups attached to an aromatic ring is 1. The minimum Gasteiger partial charge on any atom is -0.466 e. The largest absolute Gasteiger partial charge is 0.466 e. The molecular formula is C15H23NO2. The second-order valence-electron chi connectivity index (χ2n) is 5.17. The molecule has 0 heterocycles. The van der Waals surface area contributed by atoms with E-state index >= 15 is 0 Å². The number of ether oxygens (including phenoxy) is 1. The topological polar surface area (TPSA) is 52.3 Å². The highest BCUT2D eigenvalue weighted by atomic mass is 16.5. The summed E-state index contributed by atoms with van der Waals surface area (Å²) in [6.07, 6.45) is 1.34. The van der Waals surface area contributed by atoms with Crippen molar-refractivity contribution in [3.8, 4) is 0 Å². The molecule has 1 unspecified atom stereocenters. The standard InChI is InChI=1S/C15H23NO2/c1-11(2)8-9-18-15(17)10-12(3)13-4-6-14(16)7-5-13/h4-7,11-12H,8-10,16H2,1-3H3. The van der Waals surface area contributed by atoms with Crippen molar-refractivity contribution >= 4 is 11.7 Å². The van der Waals surface area contributed by atoms with Gasteiger partial charge in [0, 0.05) is 5.69 Å². The van der Waals surface area contributed by atoms with Gasteiger partial charge in [0.15, 0.2) is 0 Å². The van der Waals surface area contributed by atoms with Gasteiger partial charge in [0.1, 0.15) is 0 Å². The summed E-state index contributed by atoms with van der Waals surface area (Å²) in [6.45, 7) is 6.77. The molecule has 1 atom stereocenters. The average molecular weight is 249 g/mol. The lowest BCUT2D eigenvalue weighted by Gasteiger charge is -2.12. The Morgan fingerprint density at radius 1 is 1.22 bits per heavy atom. The number of carbonyl (C=O) groups is 1. The van der Waals surface area contributed by atoms with Gasteiger partial charge in [0.2, 0.25) is 0 Å². The molecule has 0 aromatic heterocycles. The molecule has 100 valence electrons. The van der Waals surface area contributed by atoms with Crippen LogP contribution in [0.1, 0.15) is 45.1 Å². The van der Waals surface area contributed by atoms with Crippen LogP contribution in [0.4, 0.5) is 5.69 Å². The van der Waals surface area contributed by atoms with Gasteiger partial charge in [-0.25, -0.2) is 0 Å². The molecule has 1 rings (SSSR count). The van der Waals surface area contributed by atoms with Gasteiger partial charge < -0.3 is 10.5 Å². The molecule has 1 aromatic rings. The van der Waals surface area contributed by atoms with Crippen LogP contribution in [0.3, 0.4) is 0 Å². The molecule has 0 spiro atoms. The average Bonchev–Trinajstić information content (AvgIpc) is 2.29. The van der Waals surface area contributed by atoms with E-state index in [0.717, 1.165) is 17.7 Å². The summed E-state index contributed by atoms with van der Waals surface area (Å²) in [5, 5.41) is 0. The third kappa shape index (κ3) is 5.21. The Balaban J connectivity index is 2.37. The van der Waals surface area contributed by atoms with Crippen LogP contribution < -0.4 is 5.73 Å². The molecule has 0 saturated heterocycles. The summed E-state index contributed by atoms with van der Waals surface area (Å²) in [6, 6.07) is 7.63. The lowest BCUT2D eigenvalue weighted by Crippen LogP contribution is -2.10. The van der Waals surface area contributed by atoms with Crippen molar-refractivity contribution < 1.29 is 9.53 Å². The summed E-state index contributed by atoms with van der Waals surface area (Å²) in [5.41, 5.74) is 7.49. The maximum absolute atomic E-state index is 11.6. The number of rotatable bonds is 6. The van der Waals surface area contributed by atoms with Crippen molar-refractivity contribution in [3.05, 3.63) is 29.8 Å². The Kier molecular flexibility index (Phi) is 5.69. The summed E-state index contributed by atoms with van der Waals surface area (Å²) in [4.78, 5) is 11.6. The van der Waals surface area contributed by atoms with Gasteiger partial charge in [0.05, 0.1) is 13.0 Å². The minimum atomic E-state index is -0.125. The highest BCUT2D eigenvalue weighted by Gasteiger charge is 2.12. The van der Waals surface area contributed by atoms with Crippen molar-refractivity contribution in [1.82, 2.24) is 0 Å². The SMILES string of the molecule is CC(C)CCOC(=O)CC(C)c1ccc(N)cc1. The minimum absolute atomic E-state index is 0.125. The summed E-state index contributed by atoms with van der Waals surface area (Å²) in [7, 11) is 0. The second-order valence-corrected chi connectivity index (χ2v) is 5.17. The predicted molar refractivity (Wildman–Crippen MR) is 74.3 cm³/mol. The van der Waals surface area contributed by atoms with Crippen molar-refractivity contribution in [2.24, 2.45) is 5.92 Å². The number of esters is 1. The maximum atomic E-state index is 11.6. The first-order chi connectivity index (χ1) is 8.49. The van der Waals surface area contributed by atoms with Gasteiger partial charge in [-0.15, -0.1) is 0 Å². The third-order valence-electron chi connectivity index (χ3n) is 2.94. The van der Waals surface area contributed by atoms with Crippen molar-refractivity contribution in [3.63, 3.8) is 0 Å². The molecule has 0 aliphatic heterocycles. The molecule has 0 aliphatic carbocycles. The lowest BCUT2D eigenvalue weighted by atomic mass is 9.98. The lowest BCUT2D eigenvalue weighted by molar-refractivity contribution is -0.144. The molecule has 0 aliphatic rings. The van der Waals surface area contributed by atoms with E-state index in [1.165, 1.54) is 0 Å². The Morgan fingerprint density at radius 3 is 2.39 bits per heavy atom. The monoisotopic (exact) mass is 249 g/mol. The molecule has 0 saturated carbocycles. The fourth-order valence-electron chi connectivity index (χ4n) is 1.66. The fourth-order valence-corrected chi connectivity index (χ4v) is 1.66. The van der Waals surface area contributed by atoms with Crippen LogP contribution in [0.5, 0.6) is 0 Å². The summed E-state index contributed by atoms with van der Waals surface area (Å²) < 4.78 is 5.21. The van der Waals surface area contributed by atoms with Crippen LogP contribution in [-0.2, 0) is 9.53 Å². The van der Waals surface area contributed by atoms with Crippen molar-refractivity contribution in [2.45, 2.75) is 39.5 Å². The van der Waals surface area contributed by atoms with E-state index in [9.17, 15) is 4.79 Å². The van der Waals surface area contributed by atoms with Gasteiger partial charge in [-0.2, -0.15) is 0 Å². The third-order valence-corrected chi connectivity index (χ3v) is 2.94. The number of anilines is 1. The Bertz CT molecular complexity index is 371. The molecule has 0 fully saturated rings. The van der Waals surface area contributed by atoms with Crippen LogP contribution in [-0.4, -0.2) is 12.6 Å². The van der Waals surface area contributed by atoms with Crippen molar-refractivity contribution in [1.29, 1.82) is 0 Å². The Labute approximate surface area is 109 Å². The normalized spacial score (nSPS) is 12.4. The first-order valence-corrected chi connectivity index (χ1v) is 6.50. The molecule has 0 amide bonds. The zero-order chi connectivity index (χ0) is 13.5. The number of carbonyl (C=O) groups excluding carboxylic acids is 1. The van der Waals surface area contributed by atoms with Gasteiger partial charge in [0.25, 0.3) is 0 Å². The molecule has 3 nitrogen and oxygen atoms in total. The quantitative estimate of drug-likeness (QED) is 0.621. The second kappa shape index (κ2) is 7.04. The van der Waals surface area contributed by atoms with E-state index in [4.69, 9.17) is 10.5 Å². The van der Waals surface area contributed by atoms with Crippen LogP contribution in [0.2, 0.25) is 0 Å². The number of hydrogen-bond acceptors (Lipinski definition) is 3. The summed E-state index contributed by atoms with van der Waals surface area (Å²) in [5.74, 6) is 0.601. The van der Waals surface area contributed by atoms with Crippen molar-refractivity contribution in [2.75, 3.05) is 12.3 Å². The molecule has 0 radical (unpaired) electrons. The van der Waals surface area contributed by atoms with E-state index in [0.29, 0.717) is 18.9 Å². The first-order valence-electron chi connectivity index (χ1n) is 6.50. The highest BCUT2D eigenvalue weighted by molar-refractivity contribution is 5.70. The van der Waals surface area contributed by atoms with E-state index in [-0.39, 0.29) is 11.9 Å². The van der Waals surface area contributed by atoms with Gasteiger partial charge in [-0.1, -0.05) is 32.9 Å². The maximum Gasteiger partial charge on any atom is 0.306 e. The smallest absolute Gasteiger partial charge is 0.306 e. The Hall–Kier alpha value is -1.51. The highest BCUT2D eigenvalue weighted by Crippen LogP contribution is 2.20. The van der Waals surface area contributed by atoms with Crippen LogP contribution in [0, 0.1) is 5.92 Å². The van der Waals surface area contributed by atoms with Gasteiger partial charge in [-0.05, 0) is 36.0 Å². The van der Waals surface area contributed by atoms with Gasteiger partial charge >= 0.3 is 5.97 Å². The number of hydrogen-bond donors (Lipinski definition) is 1. The zero-order valence-corrected chi connectivity index (χ0v) is 11.5. The zero-order valence-electron chi connectivity index (χ0n) is 11.5. The predicted octanol–water partition coefficient (Wildman–Crippen LogP) is 3.35. The van der Waals surface area contributed by atoms with Gasteiger partial charge in [-0.3, -0.25) is 4.79 Å². The van der Waals surface area contributed by atoms with E-state index in [2.05, 4.69) is 13.8 Å². The fraction of sp³-hybridized carbons (Fsp3) is 0.533. The molecular weight excluding hydrogens is 226 g/mol. The number of benzene rings is 1. The van der Waals surface area contributed by atoms with E-state index < -0.39 is 0 Å². The van der Waals surface area contributed by atoms with Crippen LogP contribution in [0.25, 0.3) is 0 Å². The first kappa shape index (κ1) is 14.6. The molecule has 0 bridgehead atoms. The van der Waals surface area contributed by atoms with Crippen LogP contribution in [0.15, 0.2) is 24.3 Å². The molecule has 3 heteroatoms. The van der Waals surface area contributed by atoms with Crippen LogP contribution >= 0.6 is 0 Å². The molecule has 2 N–H and O–H groups in total. The Morgan fingerprint density at radius 2 is 1.83 bits per heavy atom. The molecule has 1 aromatic carbocycles.